The molecule has 0 saturated carbocycles. The van der Waals surface area contributed by atoms with Gasteiger partial charge in [-0.3, -0.25) is 0 Å². The number of hydrogen-bond donors (Lipinski definition) is 1. The van der Waals surface area contributed by atoms with E-state index in [4.69, 9.17) is 4.74 Å². The molecule has 1 heterocycles. The highest BCUT2D eigenvalue weighted by atomic mass is 16.5. The average molecular weight is 236 g/mol. The highest BCUT2D eigenvalue weighted by molar-refractivity contribution is 5.14. The van der Waals surface area contributed by atoms with E-state index < -0.39 is 0 Å². The van der Waals surface area contributed by atoms with Crippen molar-refractivity contribution in [2.75, 3.05) is 13.2 Å². The minimum Gasteiger partial charge on any atom is -0.478 e. The lowest BCUT2D eigenvalue weighted by Gasteiger charge is -2.14. The summed E-state index contributed by atoms with van der Waals surface area (Å²) in [6.45, 7) is 8.14. The molecule has 1 rings (SSSR count). The summed E-state index contributed by atoms with van der Waals surface area (Å²) < 4.78 is 5.58. The number of nitrogens with one attached hydrogen (secondary N) is 1. The summed E-state index contributed by atoms with van der Waals surface area (Å²) in [5.74, 6) is 0.729. The van der Waals surface area contributed by atoms with Gasteiger partial charge in [-0.15, -0.1) is 0 Å². The number of nitrogens with zero attached hydrogens (tertiary/aromatic N) is 1. The van der Waals surface area contributed by atoms with Crippen molar-refractivity contribution >= 4 is 0 Å². The summed E-state index contributed by atoms with van der Waals surface area (Å²) in [6, 6.07) is 6.50. The predicted octanol–water partition coefficient (Wildman–Crippen LogP) is 2.94. The number of pyridine rings is 1. The van der Waals surface area contributed by atoms with Crippen LogP contribution < -0.4 is 10.1 Å². The third kappa shape index (κ3) is 5.68. The van der Waals surface area contributed by atoms with E-state index in [0.29, 0.717) is 6.04 Å². The van der Waals surface area contributed by atoms with Gasteiger partial charge in [0, 0.05) is 17.8 Å². The Labute approximate surface area is 105 Å². The lowest BCUT2D eigenvalue weighted by molar-refractivity contribution is 0.292. The second kappa shape index (κ2) is 8.07. The first-order valence-corrected chi connectivity index (χ1v) is 6.56. The summed E-state index contributed by atoms with van der Waals surface area (Å²) in [5.41, 5.74) is 0.998. The molecule has 17 heavy (non-hydrogen) atoms. The quantitative estimate of drug-likeness (QED) is 0.705. The molecule has 1 aromatic rings. The normalized spacial score (nSPS) is 10.8. The molecule has 0 radical (unpaired) electrons. The zero-order valence-corrected chi connectivity index (χ0v) is 11.2. The van der Waals surface area contributed by atoms with E-state index in [1.807, 2.05) is 25.1 Å². The summed E-state index contributed by atoms with van der Waals surface area (Å²) in [5, 5.41) is 3.52. The van der Waals surface area contributed by atoms with Crippen LogP contribution in [0.3, 0.4) is 0 Å². The van der Waals surface area contributed by atoms with Gasteiger partial charge in [-0.25, -0.2) is 4.98 Å². The summed E-state index contributed by atoms with van der Waals surface area (Å²) in [4.78, 5) is 4.30. The average Bonchev–Trinajstić information content (AvgIpc) is 2.34. The Morgan fingerprint density at radius 1 is 1.29 bits per heavy atom. The second-order valence-electron chi connectivity index (χ2n) is 4.29. The van der Waals surface area contributed by atoms with Crippen molar-refractivity contribution in [1.29, 1.82) is 0 Å². The molecule has 0 bridgehead atoms. The fraction of sp³-hybridized carbons (Fsp3) is 0.643. The fourth-order valence-corrected chi connectivity index (χ4v) is 1.73. The zero-order chi connectivity index (χ0) is 12.5. The maximum atomic E-state index is 5.58. The van der Waals surface area contributed by atoms with Crippen LogP contribution in [0.25, 0.3) is 0 Å². The number of rotatable bonds is 8. The van der Waals surface area contributed by atoms with Crippen LogP contribution in [0.15, 0.2) is 18.2 Å². The van der Waals surface area contributed by atoms with Crippen LogP contribution in [0.5, 0.6) is 5.88 Å². The van der Waals surface area contributed by atoms with E-state index in [2.05, 4.69) is 24.1 Å². The highest BCUT2D eigenvalue weighted by Crippen LogP contribution is 2.06. The van der Waals surface area contributed by atoms with Crippen LogP contribution in [0, 0.1) is 6.92 Å². The van der Waals surface area contributed by atoms with Gasteiger partial charge in [0.2, 0.25) is 5.88 Å². The summed E-state index contributed by atoms with van der Waals surface area (Å²) in [7, 11) is 0. The van der Waals surface area contributed by atoms with Gasteiger partial charge in [-0.05, 0) is 38.8 Å². The van der Waals surface area contributed by atoms with Crippen LogP contribution in [0.1, 0.15) is 38.8 Å². The molecule has 1 aromatic heterocycles. The van der Waals surface area contributed by atoms with E-state index in [9.17, 15) is 0 Å². The first-order chi connectivity index (χ1) is 8.26. The lowest BCUT2D eigenvalue weighted by atomic mass is 10.2. The Kier molecular flexibility index (Phi) is 6.63. The van der Waals surface area contributed by atoms with Crippen molar-refractivity contribution in [3.8, 4) is 5.88 Å². The molecule has 0 saturated heterocycles. The number of aryl methyl sites for hydroxylation is 1. The Balaban J connectivity index is 2.12. The summed E-state index contributed by atoms with van der Waals surface area (Å²) in [6.07, 6.45) is 3.40. The van der Waals surface area contributed by atoms with Crippen molar-refractivity contribution in [2.24, 2.45) is 0 Å². The third-order valence-electron chi connectivity index (χ3n) is 2.85. The Hall–Kier alpha value is -1.09. The largest absolute Gasteiger partial charge is 0.478 e. The van der Waals surface area contributed by atoms with Crippen molar-refractivity contribution in [1.82, 2.24) is 10.3 Å². The van der Waals surface area contributed by atoms with Gasteiger partial charge in [0.05, 0.1) is 6.61 Å². The van der Waals surface area contributed by atoms with Gasteiger partial charge in [0.25, 0.3) is 0 Å². The van der Waals surface area contributed by atoms with Gasteiger partial charge < -0.3 is 10.1 Å². The van der Waals surface area contributed by atoms with E-state index >= 15 is 0 Å². The number of ether oxygens (including phenoxy) is 1. The van der Waals surface area contributed by atoms with E-state index in [1.54, 1.807) is 0 Å². The summed E-state index contributed by atoms with van der Waals surface area (Å²) >= 11 is 0. The smallest absolute Gasteiger partial charge is 0.213 e. The minimum absolute atomic E-state index is 0.645. The lowest BCUT2D eigenvalue weighted by Crippen LogP contribution is -2.29. The predicted molar refractivity (Wildman–Crippen MR) is 71.5 cm³/mol. The fourth-order valence-electron chi connectivity index (χ4n) is 1.73. The first-order valence-electron chi connectivity index (χ1n) is 6.56. The van der Waals surface area contributed by atoms with Crippen LogP contribution in [0.2, 0.25) is 0 Å². The minimum atomic E-state index is 0.645. The molecule has 3 heteroatoms. The first kappa shape index (κ1) is 14.0. The Bertz CT molecular complexity index is 311. The molecule has 0 amide bonds. The SMILES string of the molecule is CCC(CC)NCCCOc1cccc(C)n1. The molecular formula is C14H24N2O. The van der Waals surface area contributed by atoms with Crippen LogP contribution in [0.4, 0.5) is 0 Å². The maximum Gasteiger partial charge on any atom is 0.213 e. The van der Waals surface area contributed by atoms with Crippen molar-refractivity contribution in [2.45, 2.75) is 46.1 Å². The van der Waals surface area contributed by atoms with Gasteiger partial charge in [-0.2, -0.15) is 0 Å². The zero-order valence-electron chi connectivity index (χ0n) is 11.2. The number of hydrogen-bond acceptors (Lipinski definition) is 3. The second-order valence-corrected chi connectivity index (χ2v) is 4.29. The molecule has 0 atom stereocenters. The molecule has 0 unspecified atom stereocenters. The molecule has 0 aromatic carbocycles. The Morgan fingerprint density at radius 2 is 2.06 bits per heavy atom. The van der Waals surface area contributed by atoms with Crippen molar-refractivity contribution in [3.05, 3.63) is 23.9 Å². The van der Waals surface area contributed by atoms with Gasteiger partial charge in [0.15, 0.2) is 0 Å². The molecule has 1 N–H and O–H groups in total. The molecule has 0 aliphatic carbocycles. The molecule has 0 spiro atoms. The molecule has 0 fully saturated rings. The third-order valence-corrected chi connectivity index (χ3v) is 2.85. The molecule has 96 valence electrons. The van der Waals surface area contributed by atoms with Crippen LogP contribution >= 0.6 is 0 Å². The number of aromatic nitrogens is 1. The topological polar surface area (TPSA) is 34.1 Å². The highest BCUT2D eigenvalue weighted by Gasteiger charge is 2.01. The van der Waals surface area contributed by atoms with E-state index in [-0.39, 0.29) is 0 Å². The van der Waals surface area contributed by atoms with Gasteiger partial charge >= 0.3 is 0 Å². The van der Waals surface area contributed by atoms with Gasteiger partial charge in [-0.1, -0.05) is 19.9 Å². The molecule has 3 nitrogen and oxygen atoms in total. The van der Waals surface area contributed by atoms with Crippen LogP contribution in [-0.4, -0.2) is 24.2 Å². The molecule has 0 aliphatic heterocycles. The van der Waals surface area contributed by atoms with Crippen LogP contribution in [-0.2, 0) is 0 Å². The van der Waals surface area contributed by atoms with E-state index in [0.717, 1.165) is 31.1 Å². The van der Waals surface area contributed by atoms with Gasteiger partial charge in [0.1, 0.15) is 0 Å². The monoisotopic (exact) mass is 236 g/mol. The standard InChI is InChI=1S/C14H24N2O/c1-4-13(5-2)15-10-7-11-17-14-9-6-8-12(3)16-14/h6,8-9,13,15H,4-5,7,10-11H2,1-3H3. The molecular weight excluding hydrogens is 212 g/mol. The van der Waals surface area contributed by atoms with E-state index in [1.165, 1.54) is 12.8 Å². The maximum absolute atomic E-state index is 5.58. The van der Waals surface area contributed by atoms with Crippen molar-refractivity contribution < 1.29 is 4.74 Å². The molecule has 0 aliphatic rings. The Morgan fingerprint density at radius 3 is 2.71 bits per heavy atom. The van der Waals surface area contributed by atoms with Crippen molar-refractivity contribution in [3.63, 3.8) is 0 Å².